The van der Waals surface area contributed by atoms with E-state index in [0.29, 0.717) is 6.54 Å². The Labute approximate surface area is 119 Å². The molecule has 1 heterocycles. The minimum atomic E-state index is -0.246. The number of amides is 1. The van der Waals surface area contributed by atoms with E-state index in [1.165, 1.54) is 12.1 Å². The number of carbonyl (C=O) groups is 1. The molecule has 1 atom stereocenters. The molecule has 1 aromatic carbocycles. The van der Waals surface area contributed by atoms with Gasteiger partial charge in [0.15, 0.2) is 0 Å². The molecule has 106 valence electrons. The second-order valence-electron chi connectivity index (χ2n) is 4.86. The molecule has 5 heteroatoms. The van der Waals surface area contributed by atoms with Crippen LogP contribution in [0.4, 0.5) is 4.39 Å². The predicted molar refractivity (Wildman–Crippen MR) is 75.7 cm³/mol. The van der Waals surface area contributed by atoms with Gasteiger partial charge in [-0.2, -0.15) is 0 Å². The fourth-order valence-corrected chi connectivity index (χ4v) is 2.32. The highest BCUT2D eigenvalue weighted by Crippen LogP contribution is 2.14. The Bertz CT molecular complexity index is 404. The van der Waals surface area contributed by atoms with Crippen LogP contribution < -0.4 is 5.32 Å². The van der Waals surface area contributed by atoms with Crippen LogP contribution in [0.25, 0.3) is 0 Å². The zero-order valence-electron chi connectivity index (χ0n) is 11.1. The predicted octanol–water partition coefficient (Wildman–Crippen LogP) is 2.21. The van der Waals surface area contributed by atoms with E-state index < -0.39 is 0 Å². The SMILES string of the molecule is CN(Cc1ccc(F)cc1)C(=O)[C@@H]1CCCNC1.Cl. The van der Waals surface area contributed by atoms with Crippen molar-refractivity contribution in [2.24, 2.45) is 5.92 Å². The van der Waals surface area contributed by atoms with Gasteiger partial charge in [0.05, 0.1) is 5.92 Å². The molecule has 1 aliphatic heterocycles. The molecule has 0 spiro atoms. The monoisotopic (exact) mass is 286 g/mol. The maximum Gasteiger partial charge on any atom is 0.227 e. The number of nitrogens with zero attached hydrogens (tertiary/aromatic N) is 1. The normalized spacial score (nSPS) is 18.5. The van der Waals surface area contributed by atoms with Crippen molar-refractivity contribution in [3.05, 3.63) is 35.6 Å². The lowest BCUT2D eigenvalue weighted by Gasteiger charge is -2.27. The summed E-state index contributed by atoms with van der Waals surface area (Å²) in [6, 6.07) is 6.29. The van der Waals surface area contributed by atoms with Crippen LogP contribution in [0.3, 0.4) is 0 Å². The lowest BCUT2D eigenvalue weighted by Crippen LogP contribution is -2.41. The Hall–Kier alpha value is -1.13. The van der Waals surface area contributed by atoms with E-state index in [0.717, 1.165) is 31.5 Å². The number of hydrogen-bond donors (Lipinski definition) is 1. The molecule has 19 heavy (non-hydrogen) atoms. The maximum absolute atomic E-state index is 12.8. The third kappa shape index (κ3) is 4.48. The van der Waals surface area contributed by atoms with E-state index in [1.54, 1.807) is 24.1 Å². The van der Waals surface area contributed by atoms with E-state index in [2.05, 4.69) is 5.32 Å². The largest absolute Gasteiger partial charge is 0.341 e. The number of piperidine rings is 1. The second kappa shape index (κ2) is 7.46. The van der Waals surface area contributed by atoms with Crippen LogP contribution in [0.15, 0.2) is 24.3 Å². The second-order valence-corrected chi connectivity index (χ2v) is 4.86. The van der Waals surface area contributed by atoms with Crippen LogP contribution >= 0.6 is 12.4 Å². The van der Waals surface area contributed by atoms with Gasteiger partial charge in [-0.3, -0.25) is 4.79 Å². The molecule has 1 saturated heterocycles. The van der Waals surface area contributed by atoms with Gasteiger partial charge >= 0.3 is 0 Å². The van der Waals surface area contributed by atoms with Gasteiger partial charge in [-0.25, -0.2) is 4.39 Å². The third-order valence-electron chi connectivity index (χ3n) is 3.36. The fraction of sp³-hybridized carbons (Fsp3) is 0.500. The summed E-state index contributed by atoms with van der Waals surface area (Å²) in [4.78, 5) is 13.9. The van der Waals surface area contributed by atoms with Crippen LogP contribution in [0.5, 0.6) is 0 Å². The Morgan fingerprint density at radius 2 is 2.11 bits per heavy atom. The standard InChI is InChI=1S/C14H19FN2O.ClH/c1-17(10-11-4-6-13(15)7-5-11)14(18)12-3-2-8-16-9-12;/h4-7,12,16H,2-3,8-10H2,1H3;1H/t12-;/m1./s1. The van der Waals surface area contributed by atoms with Crippen molar-refractivity contribution >= 4 is 18.3 Å². The van der Waals surface area contributed by atoms with E-state index in [-0.39, 0.29) is 30.0 Å². The van der Waals surface area contributed by atoms with Crippen LogP contribution in [0.2, 0.25) is 0 Å². The number of benzene rings is 1. The van der Waals surface area contributed by atoms with E-state index >= 15 is 0 Å². The Balaban J connectivity index is 0.00000180. The lowest BCUT2D eigenvalue weighted by molar-refractivity contribution is -0.135. The van der Waals surface area contributed by atoms with Gasteiger partial charge in [0.25, 0.3) is 0 Å². The zero-order valence-corrected chi connectivity index (χ0v) is 11.9. The van der Waals surface area contributed by atoms with Gasteiger partial charge in [0, 0.05) is 20.1 Å². The first-order valence-electron chi connectivity index (χ1n) is 6.37. The molecule has 3 nitrogen and oxygen atoms in total. The minimum absolute atomic E-state index is 0. The van der Waals surface area contributed by atoms with Gasteiger partial charge in [-0.1, -0.05) is 12.1 Å². The van der Waals surface area contributed by atoms with Gasteiger partial charge in [-0.15, -0.1) is 12.4 Å². The van der Waals surface area contributed by atoms with E-state index in [4.69, 9.17) is 0 Å². The molecule has 1 aromatic rings. The molecule has 0 aromatic heterocycles. The summed E-state index contributed by atoms with van der Waals surface area (Å²) in [5.41, 5.74) is 0.955. The average molecular weight is 287 g/mol. The first kappa shape index (κ1) is 15.9. The van der Waals surface area contributed by atoms with Crippen molar-refractivity contribution in [3.63, 3.8) is 0 Å². The summed E-state index contributed by atoms with van der Waals surface area (Å²) in [5.74, 6) is 0.0138. The minimum Gasteiger partial charge on any atom is -0.341 e. The number of carbonyl (C=O) groups excluding carboxylic acids is 1. The first-order valence-corrected chi connectivity index (χ1v) is 6.37. The van der Waals surface area contributed by atoms with Gasteiger partial charge in [-0.05, 0) is 37.1 Å². The molecule has 2 rings (SSSR count). The van der Waals surface area contributed by atoms with Crippen LogP contribution in [-0.2, 0) is 11.3 Å². The highest BCUT2D eigenvalue weighted by Gasteiger charge is 2.23. The van der Waals surface area contributed by atoms with Crippen molar-refractivity contribution in [1.82, 2.24) is 10.2 Å². The van der Waals surface area contributed by atoms with Crippen molar-refractivity contribution in [3.8, 4) is 0 Å². The summed E-state index contributed by atoms with van der Waals surface area (Å²) in [7, 11) is 1.81. The quantitative estimate of drug-likeness (QED) is 0.924. The molecular formula is C14H20ClFN2O. The smallest absolute Gasteiger partial charge is 0.227 e. The Morgan fingerprint density at radius 3 is 2.68 bits per heavy atom. The van der Waals surface area contributed by atoms with Crippen LogP contribution in [0, 0.1) is 11.7 Å². The molecule has 0 radical (unpaired) electrons. The van der Waals surface area contributed by atoms with Gasteiger partial charge in [0.1, 0.15) is 5.82 Å². The third-order valence-corrected chi connectivity index (χ3v) is 3.36. The molecular weight excluding hydrogens is 267 g/mol. The maximum atomic E-state index is 12.8. The van der Waals surface area contributed by atoms with E-state index in [9.17, 15) is 9.18 Å². The fourth-order valence-electron chi connectivity index (χ4n) is 2.32. The lowest BCUT2D eigenvalue weighted by atomic mass is 9.98. The molecule has 1 fully saturated rings. The molecule has 0 unspecified atom stereocenters. The molecule has 1 aliphatic rings. The van der Waals surface area contributed by atoms with Crippen LogP contribution in [-0.4, -0.2) is 30.9 Å². The van der Waals surface area contributed by atoms with Crippen LogP contribution in [0.1, 0.15) is 18.4 Å². The number of halogens is 2. The molecule has 1 N–H and O–H groups in total. The van der Waals surface area contributed by atoms with Crippen molar-refractivity contribution in [1.29, 1.82) is 0 Å². The van der Waals surface area contributed by atoms with Crippen molar-refractivity contribution in [2.75, 3.05) is 20.1 Å². The molecule has 0 bridgehead atoms. The number of rotatable bonds is 3. The zero-order chi connectivity index (χ0) is 13.0. The Kier molecular flexibility index (Phi) is 6.25. The summed E-state index contributed by atoms with van der Waals surface area (Å²) in [5, 5.41) is 3.24. The highest BCUT2D eigenvalue weighted by atomic mass is 35.5. The number of nitrogens with one attached hydrogen (secondary N) is 1. The molecule has 0 saturated carbocycles. The summed E-state index contributed by atoms with van der Waals surface area (Å²) in [6.07, 6.45) is 2.01. The van der Waals surface area contributed by atoms with Gasteiger partial charge < -0.3 is 10.2 Å². The number of hydrogen-bond acceptors (Lipinski definition) is 2. The van der Waals surface area contributed by atoms with Gasteiger partial charge in [0.2, 0.25) is 5.91 Å². The topological polar surface area (TPSA) is 32.3 Å². The highest BCUT2D eigenvalue weighted by molar-refractivity contribution is 5.85. The molecule has 1 amide bonds. The van der Waals surface area contributed by atoms with Crippen molar-refractivity contribution < 1.29 is 9.18 Å². The summed E-state index contributed by atoms with van der Waals surface area (Å²) < 4.78 is 12.8. The Morgan fingerprint density at radius 1 is 1.42 bits per heavy atom. The van der Waals surface area contributed by atoms with E-state index in [1.807, 2.05) is 0 Å². The van der Waals surface area contributed by atoms with Crippen molar-refractivity contribution in [2.45, 2.75) is 19.4 Å². The molecule has 0 aliphatic carbocycles. The summed E-state index contributed by atoms with van der Waals surface area (Å²) in [6.45, 7) is 2.31. The average Bonchev–Trinajstić information content (AvgIpc) is 2.41. The first-order chi connectivity index (χ1) is 8.66. The summed E-state index contributed by atoms with van der Waals surface area (Å²) >= 11 is 0.